The number of nitrogens with zero attached hydrogens (tertiary/aromatic N) is 2. The van der Waals surface area contributed by atoms with Crippen LogP contribution in [0.2, 0.25) is 0 Å². The molecule has 0 atom stereocenters. The number of alkyl halides is 1. The van der Waals surface area contributed by atoms with Crippen molar-refractivity contribution in [3.63, 3.8) is 0 Å². The van der Waals surface area contributed by atoms with Gasteiger partial charge in [-0.25, -0.2) is 8.42 Å². The fraction of sp³-hybridized carbons (Fsp3) is 0.588. The van der Waals surface area contributed by atoms with Gasteiger partial charge in [-0.3, -0.25) is 9.69 Å². The van der Waals surface area contributed by atoms with Crippen LogP contribution in [0.25, 0.3) is 0 Å². The van der Waals surface area contributed by atoms with E-state index in [1.165, 1.54) is 4.31 Å². The maximum atomic E-state index is 12.6. The third kappa shape index (κ3) is 5.17. The average molecular weight is 388 g/mol. The molecule has 1 N–H and O–H groups in total. The molecule has 1 aliphatic heterocycles. The van der Waals surface area contributed by atoms with Gasteiger partial charge < -0.3 is 5.32 Å². The molecule has 1 aliphatic rings. The van der Waals surface area contributed by atoms with Crippen molar-refractivity contribution in [1.82, 2.24) is 14.5 Å². The molecule has 0 aromatic heterocycles. The summed E-state index contributed by atoms with van der Waals surface area (Å²) in [6.07, 6.45) is 0. The lowest BCUT2D eigenvalue weighted by molar-refractivity contribution is -0.128. The van der Waals surface area contributed by atoms with Crippen LogP contribution in [0.4, 0.5) is 0 Å². The van der Waals surface area contributed by atoms with Gasteiger partial charge in [0.1, 0.15) is 0 Å². The summed E-state index contributed by atoms with van der Waals surface area (Å²) < 4.78 is 26.7. The molecule has 0 unspecified atom stereocenters. The number of hydrogen-bond donors (Lipinski definition) is 1. The van der Waals surface area contributed by atoms with E-state index in [9.17, 15) is 13.2 Å². The normalized spacial score (nSPS) is 17.4. The van der Waals surface area contributed by atoms with E-state index in [2.05, 4.69) is 10.2 Å². The summed E-state index contributed by atoms with van der Waals surface area (Å²) in [7, 11) is -3.42. The first-order chi connectivity index (χ1) is 11.8. The summed E-state index contributed by atoms with van der Waals surface area (Å²) in [6.45, 7) is 7.07. The molecular weight excluding hydrogens is 362 g/mol. The van der Waals surface area contributed by atoms with E-state index in [1.54, 1.807) is 30.3 Å². The van der Waals surface area contributed by atoms with Crippen LogP contribution in [-0.2, 0) is 14.8 Å². The molecular formula is C17H26ClN3O3S. The molecule has 1 aromatic carbocycles. The molecule has 0 aliphatic carbocycles. The van der Waals surface area contributed by atoms with E-state index in [-0.39, 0.29) is 11.8 Å². The number of hydrogen-bond acceptors (Lipinski definition) is 4. The average Bonchev–Trinajstić information content (AvgIpc) is 2.62. The summed E-state index contributed by atoms with van der Waals surface area (Å²) >= 11 is 5.79. The molecule has 25 heavy (non-hydrogen) atoms. The molecule has 0 spiro atoms. The molecule has 2 rings (SSSR count). The lowest BCUT2D eigenvalue weighted by atomic mass is 9.95. The number of rotatable bonds is 7. The van der Waals surface area contributed by atoms with Crippen molar-refractivity contribution >= 4 is 27.5 Å². The lowest BCUT2D eigenvalue weighted by Crippen LogP contribution is -2.50. The summed E-state index contributed by atoms with van der Waals surface area (Å²) in [5.41, 5.74) is -0.579. The van der Waals surface area contributed by atoms with Gasteiger partial charge in [0, 0.05) is 45.1 Å². The van der Waals surface area contributed by atoms with Crippen molar-refractivity contribution in [3.05, 3.63) is 30.3 Å². The first-order valence-electron chi connectivity index (χ1n) is 8.39. The van der Waals surface area contributed by atoms with Gasteiger partial charge in [-0.15, -0.1) is 11.6 Å². The Morgan fingerprint density at radius 2 is 1.76 bits per heavy atom. The predicted molar refractivity (Wildman–Crippen MR) is 99.2 cm³/mol. The first-order valence-corrected chi connectivity index (χ1v) is 10.4. The number of amides is 1. The Morgan fingerprint density at radius 1 is 1.16 bits per heavy atom. The Morgan fingerprint density at radius 3 is 2.32 bits per heavy atom. The molecule has 1 saturated heterocycles. The minimum Gasteiger partial charge on any atom is -0.354 e. The van der Waals surface area contributed by atoms with E-state index < -0.39 is 15.4 Å². The first kappa shape index (κ1) is 20.2. The van der Waals surface area contributed by atoms with Crippen LogP contribution in [0.3, 0.4) is 0 Å². The van der Waals surface area contributed by atoms with Crippen LogP contribution in [0, 0.1) is 5.41 Å². The van der Waals surface area contributed by atoms with Crippen molar-refractivity contribution in [2.45, 2.75) is 18.7 Å². The summed E-state index contributed by atoms with van der Waals surface area (Å²) in [4.78, 5) is 14.5. The standard InChI is InChI=1S/C17H26ClN3O3S/c1-17(2,14-18)16(22)19-8-9-20-10-12-21(13-11-20)25(23,24)15-6-4-3-5-7-15/h3-7H,8-14H2,1-2H3,(H,19,22). The molecule has 0 radical (unpaired) electrons. The zero-order valence-corrected chi connectivity index (χ0v) is 16.3. The zero-order chi connectivity index (χ0) is 18.5. The van der Waals surface area contributed by atoms with Crippen LogP contribution in [0.15, 0.2) is 35.2 Å². The van der Waals surface area contributed by atoms with E-state index in [0.717, 1.165) is 0 Å². The topological polar surface area (TPSA) is 69.7 Å². The lowest BCUT2D eigenvalue weighted by Gasteiger charge is -2.34. The minimum atomic E-state index is -3.42. The molecule has 8 heteroatoms. The van der Waals surface area contributed by atoms with Crippen LogP contribution in [-0.4, -0.2) is 68.7 Å². The number of carbonyl (C=O) groups excluding carboxylic acids is 1. The van der Waals surface area contributed by atoms with E-state index >= 15 is 0 Å². The molecule has 0 saturated carbocycles. The fourth-order valence-electron chi connectivity index (χ4n) is 2.56. The molecule has 0 bridgehead atoms. The van der Waals surface area contributed by atoms with Crippen molar-refractivity contribution in [3.8, 4) is 0 Å². The van der Waals surface area contributed by atoms with Gasteiger partial charge in [-0.1, -0.05) is 18.2 Å². The quantitative estimate of drug-likeness (QED) is 0.717. The van der Waals surface area contributed by atoms with E-state index in [1.807, 2.05) is 13.8 Å². The van der Waals surface area contributed by atoms with Crippen LogP contribution in [0.5, 0.6) is 0 Å². The third-order valence-electron chi connectivity index (χ3n) is 4.37. The van der Waals surface area contributed by atoms with Crippen molar-refractivity contribution in [2.75, 3.05) is 45.1 Å². The van der Waals surface area contributed by atoms with Gasteiger partial charge in [-0.05, 0) is 26.0 Å². The predicted octanol–water partition coefficient (Wildman–Crippen LogP) is 1.37. The van der Waals surface area contributed by atoms with Crippen molar-refractivity contribution < 1.29 is 13.2 Å². The van der Waals surface area contributed by atoms with Gasteiger partial charge in [0.15, 0.2) is 0 Å². The van der Waals surface area contributed by atoms with Gasteiger partial charge >= 0.3 is 0 Å². The number of carbonyl (C=O) groups is 1. The summed E-state index contributed by atoms with van der Waals surface area (Å²) in [5.74, 6) is 0.210. The highest BCUT2D eigenvalue weighted by Gasteiger charge is 2.29. The number of piperazine rings is 1. The van der Waals surface area contributed by atoms with Gasteiger partial charge in [0.25, 0.3) is 0 Å². The number of nitrogens with one attached hydrogen (secondary N) is 1. The van der Waals surface area contributed by atoms with Crippen LogP contribution < -0.4 is 5.32 Å². The summed E-state index contributed by atoms with van der Waals surface area (Å²) in [6, 6.07) is 8.50. The number of halogens is 1. The molecule has 1 heterocycles. The zero-order valence-electron chi connectivity index (χ0n) is 14.7. The van der Waals surface area contributed by atoms with E-state index in [0.29, 0.717) is 44.2 Å². The number of sulfonamides is 1. The largest absolute Gasteiger partial charge is 0.354 e. The second-order valence-corrected chi connectivity index (χ2v) is 9.04. The Kier molecular flexibility index (Phi) is 6.85. The molecule has 140 valence electrons. The SMILES string of the molecule is CC(C)(CCl)C(=O)NCCN1CCN(S(=O)(=O)c2ccccc2)CC1. The molecule has 1 fully saturated rings. The molecule has 1 aromatic rings. The van der Waals surface area contributed by atoms with Crippen molar-refractivity contribution in [1.29, 1.82) is 0 Å². The Labute approximate surface area is 155 Å². The van der Waals surface area contributed by atoms with E-state index in [4.69, 9.17) is 11.6 Å². The number of benzene rings is 1. The molecule has 1 amide bonds. The highest BCUT2D eigenvalue weighted by atomic mass is 35.5. The third-order valence-corrected chi connectivity index (χ3v) is 6.96. The van der Waals surface area contributed by atoms with Gasteiger partial charge in [0.2, 0.25) is 15.9 Å². The Hall–Kier alpha value is -1.15. The highest BCUT2D eigenvalue weighted by Crippen LogP contribution is 2.18. The second-order valence-electron chi connectivity index (χ2n) is 6.83. The maximum Gasteiger partial charge on any atom is 0.243 e. The fourth-order valence-corrected chi connectivity index (χ4v) is 4.13. The van der Waals surface area contributed by atoms with Gasteiger partial charge in [0.05, 0.1) is 10.3 Å². The van der Waals surface area contributed by atoms with Gasteiger partial charge in [-0.2, -0.15) is 4.31 Å². The minimum absolute atomic E-state index is 0.0622. The smallest absolute Gasteiger partial charge is 0.243 e. The maximum absolute atomic E-state index is 12.6. The Bertz CT molecular complexity index is 672. The summed E-state index contributed by atoms with van der Waals surface area (Å²) in [5, 5.41) is 2.89. The van der Waals surface area contributed by atoms with Crippen LogP contribution in [0.1, 0.15) is 13.8 Å². The van der Waals surface area contributed by atoms with Crippen molar-refractivity contribution in [2.24, 2.45) is 5.41 Å². The highest BCUT2D eigenvalue weighted by molar-refractivity contribution is 7.89. The molecule has 6 nitrogen and oxygen atoms in total. The Balaban J connectivity index is 1.80. The van der Waals surface area contributed by atoms with Crippen LogP contribution >= 0.6 is 11.6 Å². The second kappa shape index (κ2) is 8.49. The monoisotopic (exact) mass is 387 g/mol.